The van der Waals surface area contributed by atoms with Crippen LogP contribution in [0.4, 0.5) is 0 Å². The summed E-state index contributed by atoms with van der Waals surface area (Å²) in [6.45, 7) is 6.10. The molecular formula is C26H40N2O3. The third-order valence-electron chi connectivity index (χ3n) is 8.53. The largest absolute Gasteiger partial charge is 0.491 e. The number of rotatable bonds is 7. The molecule has 6 rings (SSSR count). The molecule has 5 aliphatic rings. The zero-order valence-corrected chi connectivity index (χ0v) is 19.3. The fourth-order valence-corrected chi connectivity index (χ4v) is 7.58. The minimum absolute atomic E-state index is 0.178. The Morgan fingerprint density at radius 2 is 1.68 bits per heavy atom. The van der Waals surface area contributed by atoms with Crippen molar-refractivity contribution in [1.29, 1.82) is 0 Å². The van der Waals surface area contributed by atoms with Crippen molar-refractivity contribution in [3.05, 3.63) is 28.8 Å². The lowest BCUT2D eigenvalue weighted by Gasteiger charge is -2.57. The molecule has 0 radical (unpaired) electrons. The first-order valence-corrected chi connectivity index (χ1v) is 12.4. The van der Waals surface area contributed by atoms with E-state index in [9.17, 15) is 10.2 Å². The van der Waals surface area contributed by atoms with E-state index in [0.717, 1.165) is 43.0 Å². The highest BCUT2D eigenvalue weighted by Gasteiger charge is 2.52. The van der Waals surface area contributed by atoms with Crippen LogP contribution < -0.4 is 10.5 Å². The van der Waals surface area contributed by atoms with Crippen LogP contribution in [0.25, 0.3) is 0 Å². The first-order valence-electron chi connectivity index (χ1n) is 12.4. The van der Waals surface area contributed by atoms with Crippen LogP contribution in [0, 0.1) is 17.8 Å². The highest BCUT2D eigenvalue weighted by atomic mass is 16.5. The van der Waals surface area contributed by atoms with E-state index in [0.29, 0.717) is 12.0 Å². The molecule has 4 N–H and O–H groups in total. The van der Waals surface area contributed by atoms with Gasteiger partial charge >= 0.3 is 0 Å². The first kappa shape index (κ1) is 21.7. The molecule has 0 amide bonds. The number of aliphatic hydroxyl groups excluding tert-OH is 2. The standard InChI is InChI=1S/C26H40N2O3/c1-17(2)31-24-9-21-3-4-28(14-26(27,15-29)16-30)13-22(21)8-23(24)25-10-18-5-19(11-25)7-20(6-18)12-25/h8-9,17-20,29-30H,3-7,10-16,27H2,1-2H3. The molecule has 0 atom stereocenters. The monoisotopic (exact) mass is 428 g/mol. The molecule has 1 aromatic rings. The van der Waals surface area contributed by atoms with Gasteiger partial charge in [-0.1, -0.05) is 0 Å². The van der Waals surface area contributed by atoms with E-state index in [1.54, 1.807) is 0 Å². The van der Waals surface area contributed by atoms with Crippen LogP contribution in [0.2, 0.25) is 0 Å². The molecule has 0 saturated heterocycles. The van der Waals surface area contributed by atoms with Crippen molar-refractivity contribution in [2.24, 2.45) is 23.5 Å². The average molecular weight is 429 g/mol. The molecule has 0 aromatic heterocycles. The lowest BCUT2D eigenvalue weighted by Crippen LogP contribution is -2.56. The fourth-order valence-electron chi connectivity index (χ4n) is 7.58. The highest BCUT2D eigenvalue weighted by Crippen LogP contribution is 2.62. The van der Waals surface area contributed by atoms with Crippen LogP contribution in [0.5, 0.6) is 5.75 Å². The summed E-state index contributed by atoms with van der Waals surface area (Å²) in [5.41, 5.74) is 9.78. The second-order valence-corrected chi connectivity index (χ2v) is 11.6. The summed E-state index contributed by atoms with van der Waals surface area (Å²) < 4.78 is 6.44. The number of nitrogens with two attached hydrogens (primary N) is 1. The van der Waals surface area contributed by atoms with Gasteiger partial charge in [0.15, 0.2) is 0 Å². The number of aliphatic hydroxyl groups is 2. The lowest BCUT2D eigenvalue weighted by molar-refractivity contribution is -0.00681. The lowest BCUT2D eigenvalue weighted by atomic mass is 9.48. The number of benzene rings is 1. The summed E-state index contributed by atoms with van der Waals surface area (Å²) in [7, 11) is 0. The highest BCUT2D eigenvalue weighted by molar-refractivity contribution is 5.49. The molecule has 4 aliphatic carbocycles. The molecule has 4 fully saturated rings. The summed E-state index contributed by atoms with van der Waals surface area (Å²) in [6, 6.07) is 4.82. The van der Waals surface area contributed by atoms with Gasteiger partial charge in [0.25, 0.3) is 0 Å². The van der Waals surface area contributed by atoms with E-state index >= 15 is 0 Å². The predicted octanol–water partition coefficient (Wildman–Crippen LogP) is 2.98. The van der Waals surface area contributed by atoms with E-state index in [-0.39, 0.29) is 19.3 Å². The van der Waals surface area contributed by atoms with Gasteiger partial charge in [-0.05, 0) is 105 Å². The molecular weight excluding hydrogens is 388 g/mol. The third-order valence-corrected chi connectivity index (χ3v) is 8.53. The van der Waals surface area contributed by atoms with Gasteiger partial charge in [0.1, 0.15) is 5.75 Å². The Morgan fingerprint density at radius 3 is 2.23 bits per heavy atom. The topological polar surface area (TPSA) is 79.0 Å². The maximum absolute atomic E-state index is 9.64. The minimum Gasteiger partial charge on any atom is -0.491 e. The Hall–Kier alpha value is -1.14. The van der Waals surface area contributed by atoms with E-state index in [4.69, 9.17) is 10.5 Å². The molecule has 1 aromatic carbocycles. The van der Waals surface area contributed by atoms with Crippen molar-refractivity contribution in [3.63, 3.8) is 0 Å². The average Bonchev–Trinajstić information content (AvgIpc) is 2.72. The van der Waals surface area contributed by atoms with E-state index in [2.05, 4.69) is 30.9 Å². The fraction of sp³-hybridized carbons (Fsp3) is 0.769. The Balaban J connectivity index is 1.48. The van der Waals surface area contributed by atoms with Crippen LogP contribution >= 0.6 is 0 Å². The van der Waals surface area contributed by atoms with Gasteiger partial charge in [-0.3, -0.25) is 4.90 Å². The van der Waals surface area contributed by atoms with Crippen molar-refractivity contribution < 1.29 is 14.9 Å². The quantitative estimate of drug-likeness (QED) is 0.622. The Morgan fingerprint density at radius 1 is 1.06 bits per heavy atom. The molecule has 5 nitrogen and oxygen atoms in total. The van der Waals surface area contributed by atoms with Crippen molar-refractivity contribution in [2.45, 2.75) is 82.4 Å². The van der Waals surface area contributed by atoms with E-state index in [1.807, 2.05) is 0 Å². The maximum Gasteiger partial charge on any atom is 0.123 e. The molecule has 1 aliphatic heterocycles. The summed E-state index contributed by atoms with van der Waals surface area (Å²) >= 11 is 0. The minimum atomic E-state index is -0.943. The zero-order chi connectivity index (χ0) is 21.8. The van der Waals surface area contributed by atoms with Crippen molar-refractivity contribution in [1.82, 2.24) is 4.90 Å². The molecule has 172 valence electrons. The summed E-state index contributed by atoms with van der Waals surface area (Å²) in [4.78, 5) is 2.29. The zero-order valence-electron chi connectivity index (χ0n) is 19.3. The molecule has 5 heteroatoms. The third kappa shape index (κ3) is 4.03. The van der Waals surface area contributed by atoms with Crippen molar-refractivity contribution in [2.75, 3.05) is 26.3 Å². The van der Waals surface area contributed by atoms with E-state index < -0.39 is 5.54 Å². The maximum atomic E-state index is 9.64. The van der Waals surface area contributed by atoms with Crippen molar-refractivity contribution >= 4 is 0 Å². The second kappa shape index (κ2) is 8.02. The van der Waals surface area contributed by atoms with Gasteiger partial charge in [0.05, 0.1) is 24.9 Å². The van der Waals surface area contributed by atoms with Crippen molar-refractivity contribution in [3.8, 4) is 5.75 Å². The second-order valence-electron chi connectivity index (χ2n) is 11.6. The smallest absolute Gasteiger partial charge is 0.123 e. The van der Waals surface area contributed by atoms with Crippen LogP contribution in [0.1, 0.15) is 69.1 Å². The Labute approximate surface area is 187 Å². The molecule has 31 heavy (non-hydrogen) atoms. The number of ether oxygens (including phenoxy) is 1. The Bertz CT molecular complexity index is 782. The number of hydrogen-bond donors (Lipinski definition) is 3. The van der Waals surface area contributed by atoms with Crippen LogP contribution in [0.15, 0.2) is 12.1 Å². The SMILES string of the molecule is CC(C)Oc1cc2c(cc1C13CC4CC(CC(C4)C1)C3)CN(CC(N)(CO)CO)CC2. The van der Waals surface area contributed by atoms with E-state index in [1.165, 1.54) is 55.2 Å². The number of nitrogens with zero attached hydrogens (tertiary/aromatic N) is 1. The van der Waals surface area contributed by atoms with Crippen LogP contribution in [-0.2, 0) is 18.4 Å². The Kier molecular flexibility index (Phi) is 5.61. The van der Waals surface area contributed by atoms with Gasteiger partial charge in [-0.25, -0.2) is 0 Å². The van der Waals surface area contributed by atoms with Gasteiger partial charge in [-0.15, -0.1) is 0 Å². The van der Waals surface area contributed by atoms with Gasteiger partial charge in [-0.2, -0.15) is 0 Å². The molecule has 0 spiro atoms. The van der Waals surface area contributed by atoms with Crippen LogP contribution in [0.3, 0.4) is 0 Å². The van der Waals surface area contributed by atoms with Gasteiger partial charge in [0, 0.05) is 25.2 Å². The first-order chi connectivity index (χ1) is 14.8. The summed E-state index contributed by atoms with van der Waals surface area (Å²) in [5, 5.41) is 19.3. The normalized spacial score (nSPS) is 32.5. The van der Waals surface area contributed by atoms with Gasteiger partial charge < -0.3 is 20.7 Å². The van der Waals surface area contributed by atoms with Gasteiger partial charge in [0.2, 0.25) is 0 Å². The summed E-state index contributed by atoms with van der Waals surface area (Å²) in [5.74, 6) is 3.83. The number of fused-ring (bicyclic) bond motifs is 1. The molecule has 4 saturated carbocycles. The molecule has 0 unspecified atom stereocenters. The number of hydrogen-bond acceptors (Lipinski definition) is 5. The summed E-state index contributed by atoms with van der Waals surface area (Å²) in [6.07, 6.45) is 9.46. The molecule has 4 bridgehead atoms. The molecule has 1 heterocycles. The van der Waals surface area contributed by atoms with Crippen LogP contribution in [-0.4, -0.2) is 53.1 Å². The predicted molar refractivity (Wildman–Crippen MR) is 122 cm³/mol.